The Labute approximate surface area is 159 Å². The Morgan fingerprint density at radius 3 is 2.64 bits per heavy atom. The molecule has 2 aliphatic rings. The van der Waals surface area contributed by atoms with Crippen LogP contribution in [-0.4, -0.2) is 53.7 Å². The summed E-state index contributed by atoms with van der Waals surface area (Å²) in [5.41, 5.74) is 0.839. The van der Waals surface area contributed by atoms with Crippen molar-refractivity contribution >= 4 is 34.9 Å². The van der Waals surface area contributed by atoms with Crippen LogP contribution in [0.1, 0.15) is 37.7 Å². The van der Waals surface area contributed by atoms with Gasteiger partial charge in [-0.05, 0) is 50.0 Å². The number of carbonyl (C=O) groups excluding carboxylic acids is 2. The third-order valence-corrected chi connectivity index (χ3v) is 6.18. The number of hydrogen-bond donors (Lipinski definition) is 0. The highest BCUT2D eigenvalue weighted by Crippen LogP contribution is 2.28. The van der Waals surface area contributed by atoms with Crippen molar-refractivity contribution in [2.45, 2.75) is 50.6 Å². The number of halogens is 2. The molecule has 0 N–H and O–H groups in total. The quantitative estimate of drug-likeness (QED) is 0.798. The summed E-state index contributed by atoms with van der Waals surface area (Å²) in [5.74, 6) is 0.275. The minimum Gasteiger partial charge on any atom is -0.340 e. The van der Waals surface area contributed by atoms with Gasteiger partial charge in [0.15, 0.2) is 0 Å². The molecule has 1 amide bonds. The number of hydrogen-bond acceptors (Lipinski definition) is 3. The molecule has 2 fully saturated rings. The maximum Gasteiger partial charge on any atom is 0.227 e. The Morgan fingerprint density at radius 2 is 1.96 bits per heavy atom. The van der Waals surface area contributed by atoms with E-state index in [0.717, 1.165) is 25.1 Å². The number of Topliss-reactive ketones (excluding diaryl/α,β-unsaturated/α-hetero) is 1. The molecule has 1 aliphatic heterocycles. The van der Waals surface area contributed by atoms with Crippen molar-refractivity contribution in [3.8, 4) is 0 Å². The van der Waals surface area contributed by atoms with Crippen molar-refractivity contribution in [1.82, 2.24) is 9.80 Å². The van der Waals surface area contributed by atoms with Gasteiger partial charge in [-0.2, -0.15) is 0 Å². The van der Waals surface area contributed by atoms with Crippen LogP contribution in [0.15, 0.2) is 18.2 Å². The third-order valence-electron chi connectivity index (χ3n) is 5.44. The molecule has 136 valence electrons. The van der Waals surface area contributed by atoms with E-state index < -0.39 is 0 Å². The van der Waals surface area contributed by atoms with Gasteiger partial charge in [0.05, 0.1) is 22.5 Å². The smallest absolute Gasteiger partial charge is 0.227 e. The summed E-state index contributed by atoms with van der Waals surface area (Å²) in [6.45, 7) is 2.15. The topological polar surface area (TPSA) is 40.6 Å². The molecular formula is C19H24Cl2N2O2. The fourth-order valence-electron chi connectivity index (χ4n) is 4.00. The average molecular weight is 383 g/mol. The zero-order valence-corrected chi connectivity index (χ0v) is 16.0. The van der Waals surface area contributed by atoms with Crippen LogP contribution in [-0.2, 0) is 16.0 Å². The molecule has 25 heavy (non-hydrogen) atoms. The molecule has 1 aromatic carbocycles. The standard InChI is InChI=1S/C19H24Cl2N2O2/c1-22(19(25)11-13-4-6-15(20)16(21)10-13)18-12-14(24)5-7-17(18)23-8-2-3-9-23/h4,6,10,17-18H,2-3,5,7-9,11-12H2,1H3/t17-,18-/m0/s1. The Morgan fingerprint density at radius 1 is 1.24 bits per heavy atom. The number of likely N-dealkylation sites (N-methyl/N-ethyl adjacent to an activating group) is 1. The average Bonchev–Trinajstić information content (AvgIpc) is 3.11. The van der Waals surface area contributed by atoms with Gasteiger partial charge in [0.1, 0.15) is 5.78 Å². The van der Waals surface area contributed by atoms with Crippen molar-refractivity contribution in [1.29, 1.82) is 0 Å². The van der Waals surface area contributed by atoms with Crippen molar-refractivity contribution < 1.29 is 9.59 Å². The summed E-state index contributed by atoms with van der Waals surface area (Å²) < 4.78 is 0. The zero-order valence-electron chi connectivity index (χ0n) is 14.5. The van der Waals surface area contributed by atoms with E-state index in [1.165, 1.54) is 12.8 Å². The van der Waals surface area contributed by atoms with Gasteiger partial charge in [0, 0.05) is 25.9 Å². The van der Waals surface area contributed by atoms with Gasteiger partial charge < -0.3 is 4.90 Å². The molecule has 2 atom stereocenters. The van der Waals surface area contributed by atoms with Crippen LogP contribution >= 0.6 is 23.2 Å². The number of benzene rings is 1. The lowest BCUT2D eigenvalue weighted by molar-refractivity contribution is -0.135. The van der Waals surface area contributed by atoms with E-state index in [2.05, 4.69) is 4.90 Å². The van der Waals surface area contributed by atoms with Crippen LogP contribution in [0.4, 0.5) is 0 Å². The van der Waals surface area contributed by atoms with Crippen LogP contribution in [0.2, 0.25) is 10.0 Å². The van der Waals surface area contributed by atoms with E-state index in [-0.39, 0.29) is 24.2 Å². The van der Waals surface area contributed by atoms with Gasteiger partial charge in [-0.3, -0.25) is 14.5 Å². The molecule has 1 saturated heterocycles. The fraction of sp³-hybridized carbons (Fsp3) is 0.579. The summed E-state index contributed by atoms with van der Waals surface area (Å²) in [6, 6.07) is 5.53. The maximum absolute atomic E-state index is 12.8. The molecule has 0 aromatic heterocycles. The second-order valence-corrected chi connectivity index (χ2v) is 7.90. The van der Waals surface area contributed by atoms with Gasteiger partial charge >= 0.3 is 0 Å². The van der Waals surface area contributed by atoms with Gasteiger partial charge in [-0.15, -0.1) is 0 Å². The number of rotatable bonds is 4. The predicted octanol–water partition coefficient (Wildman–Crippen LogP) is 3.58. The fourth-order valence-corrected chi connectivity index (χ4v) is 4.32. The van der Waals surface area contributed by atoms with Crippen LogP contribution in [0.25, 0.3) is 0 Å². The molecule has 0 radical (unpaired) electrons. The summed E-state index contributed by atoms with van der Waals surface area (Å²) in [4.78, 5) is 29.0. The van der Waals surface area contributed by atoms with Crippen LogP contribution in [0.3, 0.4) is 0 Å². The Balaban J connectivity index is 1.71. The van der Waals surface area contributed by atoms with Gasteiger partial charge in [0.25, 0.3) is 0 Å². The minimum absolute atomic E-state index is 0.0160. The molecule has 1 heterocycles. The second kappa shape index (κ2) is 8.07. The maximum atomic E-state index is 12.8. The van der Waals surface area contributed by atoms with E-state index in [0.29, 0.717) is 28.9 Å². The Kier molecular flexibility index (Phi) is 6.03. The molecule has 0 bridgehead atoms. The number of ketones is 1. The first-order valence-corrected chi connectivity index (χ1v) is 9.66. The predicted molar refractivity (Wildman–Crippen MR) is 100 cm³/mol. The van der Waals surface area contributed by atoms with Crippen molar-refractivity contribution in [3.63, 3.8) is 0 Å². The lowest BCUT2D eigenvalue weighted by Gasteiger charge is -2.42. The first-order chi connectivity index (χ1) is 12.0. The zero-order chi connectivity index (χ0) is 18.0. The van der Waals surface area contributed by atoms with Crippen molar-refractivity contribution in [3.05, 3.63) is 33.8 Å². The molecule has 4 nitrogen and oxygen atoms in total. The lowest BCUT2D eigenvalue weighted by atomic mass is 9.87. The first-order valence-electron chi connectivity index (χ1n) is 8.91. The second-order valence-electron chi connectivity index (χ2n) is 7.09. The van der Waals surface area contributed by atoms with Gasteiger partial charge in [-0.25, -0.2) is 0 Å². The molecule has 0 unspecified atom stereocenters. The Bertz CT molecular complexity index is 659. The molecular weight excluding hydrogens is 359 g/mol. The molecule has 1 saturated carbocycles. The molecule has 6 heteroatoms. The van der Waals surface area contributed by atoms with E-state index in [1.54, 1.807) is 17.0 Å². The third kappa shape index (κ3) is 4.36. The van der Waals surface area contributed by atoms with Crippen LogP contribution in [0.5, 0.6) is 0 Å². The van der Waals surface area contributed by atoms with E-state index in [1.807, 2.05) is 13.1 Å². The van der Waals surface area contributed by atoms with Crippen LogP contribution < -0.4 is 0 Å². The molecule has 1 aliphatic carbocycles. The highest BCUT2D eigenvalue weighted by Gasteiger charge is 2.38. The van der Waals surface area contributed by atoms with Gasteiger partial charge in [-0.1, -0.05) is 29.3 Å². The lowest BCUT2D eigenvalue weighted by Crippen LogP contribution is -2.55. The highest BCUT2D eigenvalue weighted by molar-refractivity contribution is 6.42. The van der Waals surface area contributed by atoms with E-state index >= 15 is 0 Å². The molecule has 1 aromatic rings. The van der Waals surface area contributed by atoms with Gasteiger partial charge in [0.2, 0.25) is 5.91 Å². The molecule has 0 spiro atoms. The van der Waals surface area contributed by atoms with Crippen molar-refractivity contribution in [2.24, 2.45) is 0 Å². The monoisotopic (exact) mass is 382 g/mol. The minimum atomic E-state index is -0.0328. The highest BCUT2D eigenvalue weighted by atomic mass is 35.5. The summed E-state index contributed by atoms with van der Waals surface area (Å²) in [5, 5.41) is 0.940. The summed E-state index contributed by atoms with van der Waals surface area (Å²) in [6.07, 6.45) is 4.63. The van der Waals surface area contributed by atoms with Crippen molar-refractivity contribution in [2.75, 3.05) is 20.1 Å². The number of likely N-dealkylation sites (tertiary alicyclic amines) is 1. The first kappa shape index (κ1) is 18.7. The van der Waals surface area contributed by atoms with Crippen LogP contribution in [0, 0.1) is 0 Å². The normalized spacial score (nSPS) is 24.5. The largest absolute Gasteiger partial charge is 0.340 e. The van der Waals surface area contributed by atoms with E-state index in [9.17, 15) is 9.59 Å². The number of amides is 1. The Hall–Kier alpha value is -1.10. The summed E-state index contributed by atoms with van der Waals surface area (Å²) >= 11 is 12.0. The number of nitrogens with zero attached hydrogens (tertiary/aromatic N) is 2. The summed E-state index contributed by atoms with van der Waals surface area (Å²) in [7, 11) is 1.83. The SMILES string of the molecule is CN(C(=O)Cc1ccc(Cl)c(Cl)c1)[C@H]1CC(=O)CC[C@@H]1N1CCCC1. The van der Waals surface area contributed by atoms with E-state index in [4.69, 9.17) is 23.2 Å². The number of carbonyl (C=O) groups is 2. The molecule has 3 rings (SSSR count).